The molecule has 2 amide bonds. The van der Waals surface area contributed by atoms with Crippen LogP contribution in [-0.2, 0) is 4.79 Å². The van der Waals surface area contributed by atoms with Crippen LogP contribution < -0.4 is 16.4 Å². The van der Waals surface area contributed by atoms with Gasteiger partial charge >= 0.3 is 0 Å². The van der Waals surface area contributed by atoms with Crippen LogP contribution in [0.2, 0.25) is 0 Å². The zero-order valence-electron chi connectivity index (χ0n) is 17.7. The van der Waals surface area contributed by atoms with Gasteiger partial charge in [0.25, 0.3) is 5.91 Å². The monoisotopic (exact) mass is 428 g/mol. The maximum atomic E-state index is 11.9. The number of carbonyl (C=O) groups excluding carboxylic acids is 2. The zero-order valence-corrected chi connectivity index (χ0v) is 17.7. The summed E-state index contributed by atoms with van der Waals surface area (Å²) in [5.74, 6) is -0.280. The average molecular weight is 428 g/mol. The Morgan fingerprint density at radius 3 is 2.87 bits per heavy atom. The first-order valence-electron chi connectivity index (χ1n) is 10.0. The summed E-state index contributed by atoms with van der Waals surface area (Å²) < 4.78 is 1.82. The van der Waals surface area contributed by atoms with Gasteiger partial charge in [-0.05, 0) is 32.8 Å². The molecule has 0 saturated carbocycles. The van der Waals surface area contributed by atoms with E-state index in [1.54, 1.807) is 24.9 Å². The number of hydrogen-bond acceptors (Lipinski definition) is 8. The molecular formula is C20H28N8O3. The van der Waals surface area contributed by atoms with Crippen LogP contribution in [0.15, 0.2) is 31.2 Å². The van der Waals surface area contributed by atoms with E-state index in [0.29, 0.717) is 18.8 Å². The van der Waals surface area contributed by atoms with Gasteiger partial charge in [0, 0.05) is 32.0 Å². The van der Waals surface area contributed by atoms with Crippen molar-refractivity contribution in [2.24, 2.45) is 5.73 Å². The summed E-state index contributed by atoms with van der Waals surface area (Å²) in [6.07, 6.45) is 7.92. The number of carbonyl (C=O) groups is 2. The Labute approximate surface area is 180 Å². The Kier molecular flexibility index (Phi) is 6.54. The maximum Gasteiger partial charge on any atom is 0.254 e. The quantitative estimate of drug-likeness (QED) is 0.455. The molecule has 3 rings (SSSR count). The standard InChI is InChI=1S/C20H28N8O3/c1-4-16(29)27-7-5-6-14(11-27)28-10-13(8-24-28)25-19-22-9-15(17(21)30)18(26-19)23-12-20(2,3)31/h4,8-10,14,31H,1,5-7,11-12H2,2-3H3,(H2,21,30)(H2,22,23,25,26)/t14-/m1/s1. The van der Waals surface area contributed by atoms with E-state index < -0.39 is 11.5 Å². The van der Waals surface area contributed by atoms with Crippen LogP contribution in [0.25, 0.3) is 0 Å². The molecule has 1 aliphatic heterocycles. The van der Waals surface area contributed by atoms with Crippen molar-refractivity contribution in [1.82, 2.24) is 24.6 Å². The van der Waals surface area contributed by atoms with Crippen molar-refractivity contribution in [1.29, 1.82) is 0 Å². The van der Waals surface area contributed by atoms with E-state index in [1.165, 1.54) is 12.3 Å². The van der Waals surface area contributed by atoms with Crippen LogP contribution in [0.5, 0.6) is 0 Å². The normalized spacial score (nSPS) is 16.6. The molecule has 1 saturated heterocycles. The molecule has 166 valence electrons. The van der Waals surface area contributed by atoms with Gasteiger partial charge in [0.1, 0.15) is 5.82 Å². The van der Waals surface area contributed by atoms with E-state index in [2.05, 4.69) is 32.3 Å². The van der Waals surface area contributed by atoms with Crippen molar-refractivity contribution < 1.29 is 14.7 Å². The number of piperidine rings is 1. The van der Waals surface area contributed by atoms with Crippen LogP contribution in [0, 0.1) is 0 Å². The predicted molar refractivity (Wildman–Crippen MR) is 116 cm³/mol. The maximum absolute atomic E-state index is 11.9. The number of nitrogens with two attached hydrogens (primary N) is 1. The second kappa shape index (κ2) is 9.13. The summed E-state index contributed by atoms with van der Waals surface area (Å²) in [7, 11) is 0. The third-order valence-electron chi connectivity index (χ3n) is 4.86. The zero-order chi connectivity index (χ0) is 22.6. The molecule has 0 aliphatic carbocycles. The second-order valence-electron chi connectivity index (χ2n) is 8.10. The van der Waals surface area contributed by atoms with Gasteiger partial charge in [0.2, 0.25) is 11.9 Å². The summed E-state index contributed by atoms with van der Waals surface area (Å²) in [4.78, 5) is 33.8. The predicted octanol–water partition coefficient (Wildman–Crippen LogP) is 1.05. The number of anilines is 3. The minimum atomic E-state index is -1.00. The molecule has 3 heterocycles. The van der Waals surface area contributed by atoms with Crippen LogP contribution in [0.3, 0.4) is 0 Å². The number of likely N-dealkylation sites (tertiary alicyclic amines) is 1. The Morgan fingerprint density at radius 2 is 2.19 bits per heavy atom. The van der Waals surface area contributed by atoms with Crippen LogP contribution >= 0.6 is 0 Å². The van der Waals surface area contributed by atoms with E-state index in [1.807, 2.05) is 10.9 Å². The molecule has 0 radical (unpaired) electrons. The van der Waals surface area contributed by atoms with E-state index in [-0.39, 0.29) is 35.8 Å². The van der Waals surface area contributed by atoms with Gasteiger partial charge < -0.3 is 26.4 Å². The summed E-state index contributed by atoms with van der Waals surface area (Å²) >= 11 is 0. The van der Waals surface area contributed by atoms with Gasteiger partial charge in [-0.3, -0.25) is 14.3 Å². The molecule has 1 fully saturated rings. The average Bonchev–Trinajstić information content (AvgIpc) is 3.19. The van der Waals surface area contributed by atoms with Gasteiger partial charge in [0.15, 0.2) is 0 Å². The molecular weight excluding hydrogens is 400 g/mol. The fraction of sp³-hybridized carbons (Fsp3) is 0.450. The molecule has 0 spiro atoms. The highest BCUT2D eigenvalue weighted by Gasteiger charge is 2.24. The van der Waals surface area contributed by atoms with Crippen molar-refractivity contribution >= 4 is 29.3 Å². The molecule has 2 aromatic rings. The highest BCUT2D eigenvalue weighted by molar-refractivity contribution is 5.97. The molecule has 11 heteroatoms. The Balaban J connectivity index is 1.73. The molecule has 0 bridgehead atoms. The number of rotatable bonds is 8. The number of nitrogens with one attached hydrogen (secondary N) is 2. The summed E-state index contributed by atoms with van der Waals surface area (Å²) in [5, 5.41) is 20.3. The number of primary amides is 1. The first-order valence-corrected chi connectivity index (χ1v) is 10.0. The van der Waals surface area contributed by atoms with Gasteiger partial charge in [-0.2, -0.15) is 10.1 Å². The van der Waals surface area contributed by atoms with Crippen molar-refractivity contribution in [2.45, 2.75) is 38.3 Å². The largest absolute Gasteiger partial charge is 0.389 e. The van der Waals surface area contributed by atoms with E-state index >= 15 is 0 Å². The first-order chi connectivity index (χ1) is 14.7. The highest BCUT2D eigenvalue weighted by atomic mass is 16.3. The Bertz CT molecular complexity index is 966. The lowest BCUT2D eigenvalue weighted by Crippen LogP contribution is -2.39. The minimum Gasteiger partial charge on any atom is -0.389 e. The van der Waals surface area contributed by atoms with Crippen molar-refractivity contribution in [3.05, 3.63) is 36.8 Å². The number of aliphatic hydroxyl groups is 1. The van der Waals surface area contributed by atoms with E-state index in [4.69, 9.17) is 5.73 Å². The second-order valence-corrected chi connectivity index (χ2v) is 8.10. The smallest absolute Gasteiger partial charge is 0.254 e. The SMILES string of the molecule is C=CC(=O)N1CCC[C@@H](n2cc(Nc3ncc(C(N)=O)c(NCC(C)(C)O)n3)cn2)C1. The first kappa shape index (κ1) is 22.2. The van der Waals surface area contributed by atoms with E-state index in [0.717, 1.165) is 12.8 Å². The van der Waals surface area contributed by atoms with Crippen LogP contribution in [0.1, 0.15) is 43.1 Å². The van der Waals surface area contributed by atoms with Crippen molar-refractivity contribution in [3.8, 4) is 0 Å². The molecule has 5 N–H and O–H groups in total. The molecule has 0 unspecified atom stereocenters. The Hall–Kier alpha value is -3.47. The van der Waals surface area contributed by atoms with Crippen LogP contribution in [0.4, 0.5) is 17.5 Å². The lowest BCUT2D eigenvalue weighted by atomic mass is 10.1. The number of aromatic nitrogens is 4. The third-order valence-corrected chi connectivity index (χ3v) is 4.86. The van der Waals surface area contributed by atoms with E-state index in [9.17, 15) is 14.7 Å². The van der Waals surface area contributed by atoms with Gasteiger partial charge in [-0.25, -0.2) is 4.98 Å². The lowest BCUT2D eigenvalue weighted by molar-refractivity contribution is -0.127. The lowest BCUT2D eigenvalue weighted by Gasteiger charge is -2.32. The molecule has 1 aliphatic rings. The fourth-order valence-electron chi connectivity index (χ4n) is 3.29. The third kappa shape index (κ3) is 5.79. The highest BCUT2D eigenvalue weighted by Crippen LogP contribution is 2.24. The van der Waals surface area contributed by atoms with Crippen molar-refractivity contribution in [2.75, 3.05) is 30.3 Å². The molecule has 0 aromatic carbocycles. The van der Waals surface area contributed by atoms with Gasteiger partial charge in [-0.15, -0.1) is 0 Å². The fourth-order valence-corrected chi connectivity index (χ4v) is 3.29. The van der Waals surface area contributed by atoms with Gasteiger partial charge in [-0.1, -0.05) is 6.58 Å². The van der Waals surface area contributed by atoms with Crippen molar-refractivity contribution in [3.63, 3.8) is 0 Å². The summed E-state index contributed by atoms with van der Waals surface area (Å²) in [6, 6.07) is 0.0652. The minimum absolute atomic E-state index is 0.0652. The topological polar surface area (TPSA) is 151 Å². The van der Waals surface area contributed by atoms with Crippen LogP contribution in [-0.4, -0.2) is 66.8 Å². The number of hydrogen-bond donors (Lipinski definition) is 4. The Morgan fingerprint density at radius 1 is 1.42 bits per heavy atom. The summed E-state index contributed by atoms with van der Waals surface area (Å²) in [6.45, 7) is 8.27. The number of amides is 2. The summed E-state index contributed by atoms with van der Waals surface area (Å²) in [5.41, 5.74) is 5.18. The van der Waals surface area contributed by atoms with Gasteiger partial charge in [0.05, 0.1) is 29.1 Å². The molecule has 11 nitrogen and oxygen atoms in total. The molecule has 1 atom stereocenters. The number of nitrogens with zero attached hydrogens (tertiary/aromatic N) is 5. The molecule has 31 heavy (non-hydrogen) atoms. The molecule has 2 aromatic heterocycles.